The molecular formula is C20H16F3N3O3. The number of carbonyl (C=O) groups excluding carboxylic acids is 3. The van der Waals surface area contributed by atoms with Gasteiger partial charge in [0.05, 0.1) is 17.3 Å². The highest BCUT2D eigenvalue weighted by molar-refractivity contribution is 6.19. The van der Waals surface area contributed by atoms with Gasteiger partial charge in [0.1, 0.15) is 6.04 Å². The molecule has 2 saturated heterocycles. The Bertz CT molecular complexity index is 960. The maximum Gasteiger partial charge on any atom is 0.416 e. The second-order valence-corrected chi connectivity index (χ2v) is 6.87. The van der Waals surface area contributed by atoms with Crippen molar-refractivity contribution in [2.24, 2.45) is 0 Å². The Labute approximate surface area is 163 Å². The van der Waals surface area contributed by atoms with Gasteiger partial charge in [-0.1, -0.05) is 18.2 Å². The standard InChI is InChI=1S/C20H16F3N3O3/c21-20(22,23)13-8-6-12(7-9-13)17(27)25-11-10-15-16(25)18(28)26(19(29)24-15)14-4-2-1-3-5-14/h1-9,15-16H,10-11H2,(H,24,29). The van der Waals surface area contributed by atoms with Crippen molar-refractivity contribution in [1.82, 2.24) is 10.2 Å². The fourth-order valence-electron chi connectivity index (χ4n) is 3.72. The third kappa shape index (κ3) is 3.32. The summed E-state index contributed by atoms with van der Waals surface area (Å²) in [5, 5.41) is 2.75. The van der Waals surface area contributed by atoms with E-state index in [9.17, 15) is 27.6 Å². The summed E-state index contributed by atoms with van der Waals surface area (Å²) in [4.78, 5) is 40.7. The van der Waals surface area contributed by atoms with Crippen molar-refractivity contribution in [2.45, 2.75) is 24.7 Å². The molecule has 0 radical (unpaired) electrons. The first-order valence-electron chi connectivity index (χ1n) is 8.95. The molecule has 2 unspecified atom stereocenters. The molecule has 4 rings (SSSR count). The van der Waals surface area contributed by atoms with Gasteiger partial charge in [-0.05, 0) is 42.8 Å². The number of fused-ring (bicyclic) bond motifs is 1. The van der Waals surface area contributed by atoms with Crippen molar-refractivity contribution in [1.29, 1.82) is 0 Å². The molecule has 150 valence electrons. The maximum absolute atomic E-state index is 13.1. The number of para-hydroxylation sites is 1. The number of amides is 4. The number of imide groups is 1. The van der Waals surface area contributed by atoms with Gasteiger partial charge >= 0.3 is 12.2 Å². The molecule has 2 aromatic carbocycles. The molecule has 29 heavy (non-hydrogen) atoms. The first kappa shape index (κ1) is 19.0. The molecule has 0 aliphatic carbocycles. The van der Waals surface area contributed by atoms with Crippen molar-refractivity contribution in [3.63, 3.8) is 0 Å². The van der Waals surface area contributed by atoms with E-state index in [0.29, 0.717) is 12.1 Å². The van der Waals surface area contributed by atoms with Gasteiger partial charge in [-0.2, -0.15) is 13.2 Å². The maximum atomic E-state index is 13.1. The van der Waals surface area contributed by atoms with Crippen LogP contribution in [0.4, 0.5) is 23.7 Å². The zero-order valence-corrected chi connectivity index (χ0v) is 15.0. The highest BCUT2D eigenvalue weighted by atomic mass is 19.4. The number of hydrogen-bond acceptors (Lipinski definition) is 3. The van der Waals surface area contributed by atoms with E-state index >= 15 is 0 Å². The van der Waals surface area contributed by atoms with Crippen LogP contribution in [0.3, 0.4) is 0 Å². The third-order valence-corrected chi connectivity index (χ3v) is 5.12. The van der Waals surface area contributed by atoms with Gasteiger partial charge in [-0.25, -0.2) is 9.69 Å². The highest BCUT2D eigenvalue weighted by Crippen LogP contribution is 2.31. The molecule has 0 aromatic heterocycles. The Balaban J connectivity index is 1.60. The Kier molecular flexibility index (Phi) is 4.52. The number of nitrogens with zero attached hydrogens (tertiary/aromatic N) is 2. The molecule has 1 N–H and O–H groups in total. The lowest BCUT2D eigenvalue weighted by Crippen LogP contribution is -2.65. The molecule has 0 bridgehead atoms. The molecular weight excluding hydrogens is 387 g/mol. The monoisotopic (exact) mass is 403 g/mol. The number of hydrogen-bond donors (Lipinski definition) is 1. The van der Waals surface area contributed by atoms with Crippen molar-refractivity contribution >= 4 is 23.5 Å². The van der Waals surface area contributed by atoms with E-state index in [4.69, 9.17) is 0 Å². The Morgan fingerprint density at radius 1 is 1.00 bits per heavy atom. The zero-order chi connectivity index (χ0) is 20.8. The summed E-state index contributed by atoms with van der Waals surface area (Å²) >= 11 is 0. The fourth-order valence-corrected chi connectivity index (χ4v) is 3.72. The number of halogens is 3. The average Bonchev–Trinajstić information content (AvgIpc) is 3.11. The van der Waals surface area contributed by atoms with Crippen LogP contribution in [0.2, 0.25) is 0 Å². The van der Waals surface area contributed by atoms with E-state index in [2.05, 4.69) is 5.32 Å². The molecule has 2 aliphatic rings. The van der Waals surface area contributed by atoms with E-state index in [0.717, 1.165) is 29.2 Å². The largest absolute Gasteiger partial charge is 0.416 e. The van der Waals surface area contributed by atoms with Crippen LogP contribution in [0, 0.1) is 0 Å². The van der Waals surface area contributed by atoms with Gasteiger partial charge in [0.15, 0.2) is 0 Å². The Morgan fingerprint density at radius 3 is 2.28 bits per heavy atom. The quantitative estimate of drug-likeness (QED) is 0.838. The van der Waals surface area contributed by atoms with Crippen molar-refractivity contribution < 1.29 is 27.6 Å². The van der Waals surface area contributed by atoms with Crippen LogP contribution < -0.4 is 10.2 Å². The van der Waals surface area contributed by atoms with E-state index in [1.54, 1.807) is 30.3 Å². The van der Waals surface area contributed by atoms with E-state index < -0.39 is 41.7 Å². The minimum Gasteiger partial charge on any atom is -0.332 e. The number of likely N-dealkylation sites (tertiary alicyclic amines) is 1. The number of carbonyl (C=O) groups is 3. The van der Waals surface area contributed by atoms with Crippen molar-refractivity contribution in [2.75, 3.05) is 11.4 Å². The summed E-state index contributed by atoms with van der Waals surface area (Å²) in [7, 11) is 0. The third-order valence-electron chi connectivity index (χ3n) is 5.12. The summed E-state index contributed by atoms with van der Waals surface area (Å²) in [6.45, 7) is 0.212. The summed E-state index contributed by atoms with van der Waals surface area (Å²) in [6.07, 6.45) is -4.11. The van der Waals surface area contributed by atoms with Gasteiger partial charge < -0.3 is 10.2 Å². The number of nitrogens with one attached hydrogen (secondary N) is 1. The first-order chi connectivity index (χ1) is 13.8. The zero-order valence-electron chi connectivity index (χ0n) is 15.0. The Morgan fingerprint density at radius 2 is 1.66 bits per heavy atom. The van der Waals surface area contributed by atoms with Crippen LogP contribution >= 0.6 is 0 Å². The summed E-state index contributed by atoms with van der Waals surface area (Å²) in [5.74, 6) is -1.09. The summed E-state index contributed by atoms with van der Waals surface area (Å²) in [6, 6.07) is 10.2. The topological polar surface area (TPSA) is 69.7 Å². The minimum absolute atomic E-state index is 0.0506. The minimum atomic E-state index is -4.50. The lowest BCUT2D eigenvalue weighted by atomic mass is 10.0. The van der Waals surface area contributed by atoms with Crippen molar-refractivity contribution in [3.05, 3.63) is 65.7 Å². The van der Waals surface area contributed by atoms with Gasteiger partial charge in [-0.15, -0.1) is 0 Å². The van der Waals surface area contributed by atoms with Crippen molar-refractivity contribution in [3.8, 4) is 0 Å². The predicted octanol–water partition coefficient (Wildman–Crippen LogP) is 3.04. The van der Waals surface area contributed by atoms with Crippen LogP contribution in [-0.2, 0) is 11.0 Å². The predicted molar refractivity (Wildman–Crippen MR) is 97.1 cm³/mol. The second-order valence-electron chi connectivity index (χ2n) is 6.87. The van der Waals surface area contributed by atoms with E-state index in [1.807, 2.05) is 0 Å². The molecule has 2 fully saturated rings. The van der Waals surface area contributed by atoms with Crippen LogP contribution in [0.1, 0.15) is 22.3 Å². The summed E-state index contributed by atoms with van der Waals surface area (Å²) < 4.78 is 38.2. The molecule has 2 atom stereocenters. The smallest absolute Gasteiger partial charge is 0.332 e. The highest BCUT2D eigenvalue weighted by Gasteiger charge is 2.50. The lowest BCUT2D eigenvalue weighted by molar-refractivity contribution is -0.137. The summed E-state index contributed by atoms with van der Waals surface area (Å²) in [5.41, 5.74) is -0.429. The lowest BCUT2D eigenvalue weighted by Gasteiger charge is -2.36. The van der Waals surface area contributed by atoms with Crippen LogP contribution in [0.25, 0.3) is 0 Å². The molecule has 0 spiro atoms. The molecule has 4 amide bonds. The van der Waals surface area contributed by atoms with Gasteiger partial charge in [0.25, 0.3) is 11.8 Å². The van der Waals surface area contributed by atoms with Crippen LogP contribution in [0.5, 0.6) is 0 Å². The fraction of sp³-hybridized carbons (Fsp3) is 0.250. The second kappa shape index (κ2) is 6.91. The van der Waals surface area contributed by atoms with Crippen LogP contribution in [0.15, 0.2) is 54.6 Å². The molecule has 6 nitrogen and oxygen atoms in total. The van der Waals surface area contributed by atoms with E-state index in [-0.39, 0.29) is 12.1 Å². The Hall–Kier alpha value is -3.36. The first-order valence-corrected chi connectivity index (χ1v) is 8.95. The number of benzene rings is 2. The number of rotatable bonds is 2. The van der Waals surface area contributed by atoms with Gasteiger partial charge in [0, 0.05) is 12.1 Å². The van der Waals surface area contributed by atoms with Gasteiger partial charge in [0.2, 0.25) is 0 Å². The molecule has 2 heterocycles. The number of urea groups is 1. The molecule has 2 aliphatic heterocycles. The van der Waals surface area contributed by atoms with Crippen LogP contribution in [-0.4, -0.2) is 41.4 Å². The SMILES string of the molecule is O=C1NC2CCN(C(=O)c3ccc(C(F)(F)F)cc3)C2C(=O)N1c1ccccc1. The average molecular weight is 403 g/mol. The van der Waals surface area contributed by atoms with Gasteiger partial charge in [-0.3, -0.25) is 9.59 Å². The molecule has 0 saturated carbocycles. The molecule has 2 aromatic rings. The number of anilines is 1. The van der Waals surface area contributed by atoms with E-state index in [1.165, 1.54) is 4.90 Å². The molecule has 9 heteroatoms. The normalized spacial score (nSPS) is 21.8. The number of alkyl halides is 3.